The van der Waals surface area contributed by atoms with E-state index >= 15 is 0 Å². The second-order valence-corrected chi connectivity index (χ2v) is 8.09. The third-order valence-corrected chi connectivity index (χ3v) is 6.10. The number of sulfonamides is 1. The van der Waals surface area contributed by atoms with Crippen LogP contribution in [0.1, 0.15) is 17.5 Å². The molecule has 1 aliphatic heterocycles. The smallest absolute Gasteiger partial charge is 0.240 e. The third-order valence-electron chi connectivity index (χ3n) is 4.71. The summed E-state index contributed by atoms with van der Waals surface area (Å²) in [7, 11) is -3.77. The Morgan fingerprint density at radius 1 is 1.08 bits per heavy atom. The third kappa shape index (κ3) is 2.99. The number of fused-ring (bicyclic) bond motifs is 2. The number of nitrogens with one attached hydrogen (secondary N) is 1. The van der Waals surface area contributed by atoms with Crippen molar-refractivity contribution in [2.45, 2.75) is 23.3 Å². The van der Waals surface area contributed by atoms with E-state index in [1.807, 2.05) is 24.3 Å². The average molecular weight is 361 g/mol. The highest BCUT2D eigenvalue weighted by atomic mass is 32.2. The zero-order valence-electron chi connectivity index (χ0n) is 13.6. The number of hydrogen-bond donors (Lipinski definition) is 2. The van der Waals surface area contributed by atoms with E-state index in [1.165, 1.54) is 12.1 Å². The SMILES string of the molecule is O=S(=O)(NCC1(O)CCc2ccccc21)c1ccc2c(c1)OCCO2. The van der Waals surface area contributed by atoms with Crippen LogP contribution in [0.3, 0.4) is 0 Å². The summed E-state index contributed by atoms with van der Waals surface area (Å²) in [6.45, 7) is 0.769. The second kappa shape index (κ2) is 6.01. The number of aliphatic hydroxyl groups is 1. The molecule has 4 rings (SSSR count). The highest BCUT2D eigenvalue weighted by Gasteiger charge is 2.37. The first-order valence-corrected chi connectivity index (χ1v) is 9.66. The minimum atomic E-state index is -3.77. The van der Waals surface area contributed by atoms with Crippen molar-refractivity contribution in [2.24, 2.45) is 0 Å². The Labute approximate surface area is 146 Å². The van der Waals surface area contributed by atoms with Gasteiger partial charge in [0.25, 0.3) is 0 Å². The molecular formula is C18H19NO5S. The van der Waals surface area contributed by atoms with Gasteiger partial charge in [0.2, 0.25) is 10.0 Å². The molecule has 2 aromatic carbocycles. The Balaban J connectivity index is 1.55. The summed E-state index contributed by atoms with van der Waals surface area (Å²) in [4.78, 5) is 0.0895. The Kier molecular flexibility index (Phi) is 3.94. The van der Waals surface area contributed by atoms with Crippen molar-refractivity contribution < 1.29 is 23.0 Å². The molecule has 1 heterocycles. The molecule has 2 N–H and O–H groups in total. The van der Waals surface area contributed by atoms with Crippen molar-refractivity contribution >= 4 is 10.0 Å². The molecule has 2 aliphatic rings. The fourth-order valence-electron chi connectivity index (χ4n) is 3.34. The van der Waals surface area contributed by atoms with Crippen LogP contribution in [-0.4, -0.2) is 33.3 Å². The molecule has 7 heteroatoms. The molecule has 0 aromatic heterocycles. The largest absolute Gasteiger partial charge is 0.486 e. The summed E-state index contributed by atoms with van der Waals surface area (Å²) in [5.41, 5.74) is 0.667. The zero-order valence-corrected chi connectivity index (χ0v) is 14.4. The summed E-state index contributed by atoms with van der Waals surface area (Å²) < 4.78 is 38.6. The minimum absolute atomic E-state index is 0.0687. The summed E-state index contributed by atoms with van der Waals surface area (Å²) in [6, 6.07) is 12.1. The lowest BCUT2D eigenvalue weighted by Gasteiger charge is -2.24. The molecule has 2 aromatic rings. The van der Waals surface area contributed by atoms with Gasteiger partial charge in [-0.1, -0.05) is 24.3 Å². The van der Waals surface area contributed by atoms with Gasteiger partial charge < -0.3 is 14.6 Å². The van der Waals surface area contributed by atoms with E-state index in [-0.39, 0.29) is 11.4 Å². The molecule has 1 aliphatic carbocycles. The maximum absolute atomic E-state index is 12.6. The van der Waals surface area contributed by atoms with Gasteiger partial charge in [-0.2, -0.15) is 0 Å². The maximum Gasteiger partial charge on any atom is 0.240 e. The average Bonchev–Trinajstić information content (AvgIpc) is 2.98. The van der Waals surface area contributed by atoms with E-state index in [0.29, 0.717) is 31.1 Å². The highest BCUT2D eigenvalue weighted by molar-refractivity contribution is 7.89. The standard InChI is InChI=1S/C18H19NO5S/c20-18(8-7-13-3-1-2-4-15(13)18)12-19-25(21,22)14-5-6-16-17(11-14)24-10-9-23-16/h1-6,11,19-20H,7-10,12H2. The van der Waals surface area contributed by atoms with Crippen molar-refractivity contribution in [3.8, 4) is 11.5 Å². The fraction of sp³-hybridized carbons (Fsp3) is 0.333. The summed E-state index contributed by atoms with van der Waals surface area (Å²) in [6.07, 6.45) is 1.23. The maximum atomic E-state index is 12.6. The lowest BCUT2D eigenvalue weighted by molar-refractivity contribution is 0.0442. The molecule has 132 valence electrons. The minimum Gasteiger partial charge on any atom is -0.486 e. The molecule has 0 saturated carbocycles. The Morgan fingerprint density at radius 3 is 2.68 bits per heavy atom. The highest BCUT2D eigenvalue weighted by Crippen LogP contribution is 2.37. The van der Waals surface area contributed by atoms with Gasteiger partial charge >= 0.3 is 0 Å². The van der Waals surface area contributed by atoms with Crippen molar-refractivity contribution in [1.29, 1.82) is 0 Å². The van der Waals surface area contributed by atoms with Crippen LogP contribution in [0.15, 0.2) is 47.4 Å². The summed E-state index contributed by atoms with van der Waals surface area (Å²) in [5, 5.41) is 10.9. The van der Waals surface area contributed by atoms with Crippen LogP contribution in [0.4, 0.5) is 0 Å². The van der Waals surface area contributed by atoms with Gasteiger partial charge in [-0.15, -0.1) is 0 Å². The van der Waals surface area contributed by atoms with Crippen molar-refractivity contribution in [1.82, 2.24) is 4.72 Å². The lowest BCUT2D eigenvalue weighted by atomic mass is 9.96. The van der Waals surface area contributed by atoms with E-state index in [2.05, 4.69) is 4.72 Å². The molecule has 0 radical (unpaired) electrons. The molecule has 0 amide bonds. The zero-order chi connectivity index (χ0) is 17.5. The molecule has 0 spiro atoms. The first kappa shape index (κ1) is 16.4. The predicted octanol–water partition coefficient (Wildman–Crippen LogP) is 1.57. The molecule has 6 nitrogen and oxygen atoms in total. The van der Waals surface area contributed by atoms with E-state index in [9.17, 15) is 13.5 Å². The van der Waals surface area contributed by atoms with Gasteiger partial charge in [-0.25, -0.2) is 13.1 Å². The summed E-state index contributed by atoms with van der Waals surface area (Å²) in [5.74, 6) is 0.951. The number of rotatable bonds is 4. The Bertz CT molecular complexity index is 911. The molecule has 0 fully saturated rings. The van der Waals surface area contributed by atoms with Crippen molar-refractivity contribution in [3.63, 3.8) is 0 Å². The molecule has 0 saturated heterocycles. The molecule has 0 bridgehead atoms. The quantitative estimate of drug-likeness (QED) is 0.864. The van der Waals surface area contributed by atoms with E-state index < -0.39 is 15.6 Å². The van der Waals surface area contributed by atoms with Crippen LogP contribution in [0.5, 0.6) is 11.5 Å². The van der Waals surface area contributed by atoms with Gasteiger partial charge in [-0.05, 0) is 36.1 Å². The predicted molar refractivity (Wildman–Crippen MR) is 91.3 cm³/mol. The van der Waals surface area contributed by atoms with Gasteiger partial charge in [0.1, 0.15) is 18.8 Å². The topological polar surface area (TPSA) is 84.9 Å². The van der Waals surface area contributed by atoms with Crippen LogP contribution in [0.2, 0.25) is 0 Å². The fourth-order valence-corrected chi connectivity index (χ4v) is 4.45. The van der Waals surface area contributed by atoms with Gasteiger partial charge in [-0.3, -0.25) is 0 Å². The first-order valence-electron chi connectivity index (χ1n) is 8.18. The van der Waals surface area contributed by atoms with Crippen LogP contribution in [0.25, 0.3) is 0 Å². The Morgan fingerprint density at radius 2 is 1.84 bits per heavy atom. The van der Waals surface area contributed by atoms with E-state index in [0.717, 1.165) is 17.5 Å². The van der Waals surface area contributed by atoms with Crippen molar-refractivity contribution in [3.05, 3.63) is 53.6 Å². The van der Waals surface area contributed by atoms with Crippen LogP contribution >= 0.6 is 0 Å². The lowest BCUT2D eigenvalue weighted by Crippen LogP contribution is -2.39. The molecular weight excluding hydrogens is 342 g/mol. The second-order valence-electron chi connectivity index (χ2n) is 6.32. The normalized spacial score (nSPS) is 21.8. The Hall–Kier alpha value is -2.09. The number of hydrogen-bond acceptors (Lipinski definition) is 5. The number of ether oxygens (including phenoxy) is 2. The first-order chi connectivity index (χ1) is 12.0. The molecule has 1 unspecified atom stereocenters. The van der Waals surface area contributed by atoms with Gasteiger partial charge in [0.15, 0.2) is 11.5 Å². The molecule has 1 atom stereocenters. The van der Waals surface area contributed by atoms with E-state index in [4.69, 9.17) is 9.47 Å². The van der Waals surface area contributed by atoms with Crippen LogP contribution < -0.4 is 14.2 Å². The number of aryl methyl sites for hydroxylation is 1. The van der Waals surface area contributed by atoms with Crippen LogP contribution in [0, 0.1) is 0 Å². The van der Waals surface area contributed by atoms with Gasteiger partial charge in [0.05, 0.1) is 4.90 Å². The van der Waals surface area contributed by atoms with E-state index in [1.54, 1.807) is 6.07 Å². The summed E-state index contributed by atoms with van der Waals surface area (Å²) >= 11 is 0. The number of benzene rings is 2. The van der Waals surface area contributed by atoms with Crippen molar-refractivity contribution in [2.75, 3.05) is 19.8 Å². The van der Waals surface area contributed by atoms with Gasteiger partial charge in [0, 0.05) is 12.6 Å². The molecule has 25 heavy (non-hydrogen) atoms. The monoisotopic (exact) mass is 361 g/mol. The van der Waals surface area contributed by atoms with Crippen LogP contribution in [-0.2, 0) is 22.0 Å².